The summed E-state index contributed by atoms with van der Waals surface area (Å²) in [6.07, 6.45) is 13.0. The van der Waals surface area contributed by atoms with Crippen LogP contribution in [0.2, 0.25) is 0 Å². The fourth-order valence-electron chi connectivity index (χ4n) is 4.11. The van der Waals surface area contributed by atoms with Crippen molar-refractivity contribution < 1.29 is 4.79 Å². The third-order valence-electron chi connectivity index (χ3n) is 5.73. The number of hydrogen-bond acceptors (Lipinski definition) is 5. The lowest BCUT2D eigenvalue weighted by molar-refractivity contribution is -0.121. The van der Waals surface area contributed by atoms with Crippen LogP contribution < -0.4 is 10.2 Å². The van der Waals surface area contributed by atoms with Crippen molar-refractivity contribution in [3.8, 4) is 0 Å². The van der Waals surface area contributed by atoms with Crippen LogP contribution in [0.4, 0.5) is 5.95 Å². The molecule has 2 aliphatic carbocycles. The summed E-state index contributed by atoms with van der Waals surface area (Å²) in [6, 6.07) is 0.975. The second kappa shape index (κ2) is 8.63. The predicted octanol–water partition coefficient (Wildman–Crippen LogP) is 3.53. The van der Waals surface area contributed by atoms with E-state index in [0.29, 0.717) is 18.5 Å². The molecule has 1 amide bonds. The molecule has 0 bridgehead atoms. The zero-order chi connectivity index (χ0) is 17.8. The van der Waals surface area contributed by atoms with E-state index in [9.17, 15) is 4.79 Å². The third-order valence-corrected chi connectivity index (χ3v) is 6.67. The fraction of sp³-hybridized carbons (Fsp3) is 0.842. The molecular formula is C19H31N5OS. The number of carbonyl (C=O) groups excluding carboxylic acids is 1. The van der Waals surface area contributed by atoms with Crippen LogP contribution in [0.25, 0.3) is 0 Å². The number of nitrogens with one attached hydrogen (secondary N) is 1. The van der Waals surface area contributed by atoms with E-state index in [-0.39, 0.29) is 5.91 Å². The average molecular weight is 378 g/mol. The molecule has 0 spiro atoms. The molecule has 1 aromatic rings. The summed E-state index contributed by atoms with van der Waals surface area (Å²) in [5.74, 6) is 2.03. The summed E-state index contributed by atoms with van der Waals surface area (Å²) in [4.78, 5) is 14.6. The van der Waals surface area contributed by atoms with Gasteiger partial charge in [0.1, 0.15) is 0 Å². The molecule has 0 unspecified atom stereocenters. The van der Waals surface area contributed by atoms with Crippen LogP contribution in [0.15, 0.2) is 5.16 Å². The Hall–Kier alpha value is -1.24. The van der Waals surface area contributed by atoms with E-state index in [2.05, 4.69) is 25.0 Å². The Bertz CT molecular complexity index is 603. The molecule has 1 aromatic heterocycles. The van der Waals surface area contributed by atoms with Gasteiger partial charge < -0.3 is 10.2 Å². The summed E-state index contributed by atoms with van der Waals surface area (Å²) in [5, 5.41) is 13.2. The number of rotatable bonds is 7. The van der Waals surface area contributed by atoms with Crippen LogP contribution in [0.5, 0.6) is 0 Å². The van der Waals surface area contributed by atoms with Gasteiger partial charge in [-0.1, -0.05) is 31.0 Å². The molecule has 26 heavy (non-hydrogen) atoms. The first kappa shape index (κ1) is 18.1. The fourth-order valence-corrected chi connectivity index (χ4v) is 5.05. The van der Waals surface area contributed by atoms with E-state index in [1.165, 1.54) is 51.4 Å². The molecule has 7 heteroatoms. The highest BCUT2D eigenvalue weighted by atomic mass is 32.2. The van der Waals surface area contributed by atoms with Gasteiger partial charge in [-0.3, -0.25) is 9.36 Å². The second-order valence-corrected chi connectivity index (χ2v) is 8.99. The maximum Gasteiger partial charge on any atom is 0.228 e. The molecular weight excluding hydrogens is 346 g/mol. The SMILES string of the molecule is O=C(CCSc1nnc(N2CCCCC2)n1C1CC1)NC1CCCCC1. The van der Waals surface area contributed by atoms with E-state index in [1.54, 1.807) is 11.8 Å². The summed E-state index contributed by atoms with van der Waals surface area (Å²) in [5.41, 5.74) is 0. The van der Waals surface area contributed by atoms with Crippen LogP contribution in [0.1, 0.15) is 76.7 Å². The van der Waals surface area contributed by atoms with Crippen molar-refractivity contribution in [3.63, 3.8) is 0 Å². The Labute approximate surface area is 160 Å². The maximum absolute atomic E-state index is 12.2. The molecule has 3 fully saturated rings. The number of carbonyl (C=O) groups is 1. The average Bonchev–Trinajstić information content (AvgIpc) is 3.43. The number of anilines is 1. The van der Waals surface area contributed by atoms with E-state index in [1.807, 2.05) is 0 Å². The molecule has 3 aliphatic rings. The van der Waals surface area contributed by atoms with Crippen LogP contribution >= 0.6 is 11.8 Å². The number of amides is 1. The second-order valence-electron chi connectivity index (χ2n) is 7.93. The van der Waals surface area contributed by atoms with Crippen LogP contribution in [0.3, 0.4) is 0 Å². The van der Waals surface area contributed by atoms with Crippen molar-refractivity contribution in [1.29, 1.82) is 0 Å². The van der Waals surface area contributed by atoms with Gasteiger partial charge in [-0.15, -0.1) is 10.2 Å². The normalized spacial score (nSPS) is 21.8. The lowest BCUT2D eigenvalue weighted by Crippen LogP contribution is -2.36. The molecule has 6 nitrogen and oxygen atoms in total. The number of hydrogen-bond donors (Lipinski definition) is 1. The molecule has 4 rings (SSSR count). The van der Waals surface area contributed by atoms with Crippen molar-refractivity contribution in [3.05, 3.63) is 0 Å². The van der Waals surface area contributed by atoms with Gasteiger partial charge in [-0.05, 0) is 44.9 Å². The minimum Gasteiger partial charge on any atom is -0.353 e. The van der Waals surface area contributed by atoms with Gasteiger partial charge >= 0.3 is 0 Å². The minimum atomic E-state index is 0.193. The van der Waals surface area contributed by atoms with Crippen LogP contribution in [-0.2, 0) is 4.79 Å². The van der Waals surface area contributed by atoms with Gasteiger partial charge in [-0.25, -0.2) is 0 Å². The molecule has 144 valence electrons. The Morgan fingerprint density at radius 2 is 1.73 bits per heavy atom. The standard InChI is InChI=1S/C19H31N5OS/c25-17(20-15-7-3-1-4-8-15)11-14-26-19-22-21-18(24(19)16-9-10-16)23-12-5-2-6-13-23/h15-16H,1-14H2,(H,20,25). The number of nitrogens with zero attached hydrogens (tertiary/aromatic N) is 4. The lowest BCUT2D eigenvalue weighted by Gasteiger charge is -2.27. The van der Waals surface area contributed by atoms with E-state index in [0.717, 1.165) is 42.8 Å². The van der Waals surface area contributed by atoms with Gasteiger partial charge in [0, 0.05) is 37.3 Å². The molecule has 2 heterocycles. The Balaban J connectivity index is 1.30. The minimum absolute atomic E-state index is 0.193. The number of piperidine rings is 1. The first-order valence-corrected chi connectivity index (χ1v) is 11.4. The summed E-state index contributed by atoms with van der Waals surface area (Å²) >= 11 is 1.69. The third kappa shape index (κ3) is 4.53. The zero-order valence-corrected chi connectivity index (χ0v) is 16.5. The highest BCUT2D eigenvalue weighted by molar-refractivity contribution is 7.99. The molecule has 0 atom stereocenters. The topological polar surface area (TPSA) is 63.1 Å². The molecule has 0 aromatic carbocycles. The highest BCUT2D eigenvalue weighted by Crippen LogP contribution is 2.41. The Kier molecular flexibility index (Phi) is 6.02. The van der Waals surface area contributed by atoms with Crippen molar-refractivity contribution in [2.24, 2.45) is 0 Å². The zero-order valence-electron chi connectivity index (χ0n) is 15.7. The van der Waals surface area contributed by atoms with Gasteiger partial charge in [0.05, 0.1) is 0 Å². The molecule has 1 N–H and O–H groups in total. The Morgan fingerprint density at radius 1 is 1.00 bits per heavy atom. The van der Waals surface area contributed by atoms with Gasteiger partial charge in [-0.2, -0.15) is 0 Å². The van der Waals surface area contributed by atoms with E-state index >= 15 is 0 Å². The van der Waals surface area contributed by atoms with Crippen molar-refractivity contribution in [2.45, 2.75) is 87.9 Å². The molecule has 2 saturated carbocycles. The van der Waals surface area contributed by atoms with Crippen molar-refractivity contribution in [2.75, 3.05) is 23.7 Å². The van der Waals surface area contributed by atoms with E-state index in [4.69, 9.17) is 0 Å². The Morgan fingerprint density at radius 3 is 2.46 bits per heavy atom. The van der Waals surface area contributed by atoms with Crippen LogP contribution in [0, 0.1) is 0 Å². The number of thioether (sulfide) groups is 1. The van der Waals surface area contributed by atoms with Gasteiger partial charge in [0.2, 0.25) is 11.9 Å². The van der Waals surface area contributed by atoms with Crippen molar-refractivity contribution >= 4 is 23.6 Å². The summed E-state index contributed by atoms with van der Waals surface area (Å²) in [7, 11) is 0. The van der Waals surface area contributed by atoms with Crippen LogP contribution in [-0.4, -0.2) is 45.6 Å². The predicted molar refractivity (Wildman–Crippen MR) is 105 cm³/mol. The first-order chi connectivity index (χ1) is 12.8. The smallest absolute Gasteiger partial charge is 0.228 e. The first-order valence-electron chi connectivity index (χ1n) is 10.4. The lowest BCUT2D eigenvalue weighted by atomic mass is 9.95. The maximum atomic E-state index is 12.2. The van der Waals surface area contributed by atoms with Gasteiger partial charge in [0.15, 0.2) is 5.16 Å². The summed E-state index contributed by atoms with van der Waals surface area (Å²) in [6.45, 7) is 2.19. The van der Waals surface area contributed by atoms with Gasteiger partial charge in [0.25, 0.3) is 0 Å². The quantitative estimate of drug-likeness (QED) is 0.737. The molecule has 1 saturated heterocycles. The highest BCUT2D eigenvalue weighted by Gasteiger charge is 2.32. The monoisotopic (exact) mass is 377 g/mol. The molecule has 0 radical (unpaired) electrons. The van der Waals surface area contributed by atoms with E-state index < -0.39 is 0 Å². The molecule has 1 aliphatic heterocycles. The largest absolute Gasteiger partial charge is 0.353 e. The number of aromatic nitrogens is 3. The van der Waals surface area contributed by atoms with Crippen molar-refractivity contribution in [1.82, 2.24) is 20.1 Å². The summed E-state index contributed by atoms with van der Waals surface area (Å²) < 4.78 is 2.34.